The fraction of sp³-hybridized carbons (Fsp3) is 0.368. The van der Waals surface area contributed by atoms with Gasteiger partial charge in [0.15, 0.2) is 0 Å². The summed E-state index contributed by atoms with van der Waals surface area (Å²) in [5.41, 5.74) is 7.56. The summed E-state index contributed by atoms with van der Waals surface area (Å²) in [4.78, 5) is 33.8. The molecule has 2 heterocycles. The van der Waals surface area contributed by atoms with Crippen molar-refractivity contribution in [1.82, 2.24) is 14.9 Å². The molecule has 3 rings (SSSR count). The Bertz CT molecular complexity index is 786. The maximum atomic E-state index is 13.0. The molecule has 1 unspecified atom stereocenters. The Hall–Kier alpha value is -2.80. The van der Waals surface area contributed by atoms with Gasteiger partial charge in [0.05, 0.1) is 18.5 Å². The smallest absolute Gasteiger partial charge is 0.274 e. The SMILES string of the molecule is Cc1cccc(CN(CC2CCCO2)C(=O)c2cnc(C(N)=O)cn2)c1. The molecule has 2 amide bonds. The quantitative estimate of drug-likeness (QED) is 0.851. The van der Waals surface area contributed by atoms with E-state index < -0.39 is 5.91 Å². The Balaban J connectivity index is 1.80. The van der Waals surface area contributed by atoms with Crippen LogP contribution in [0.15, 0.2) is 36.7 Å². The van der Waals surface area contributed by atoms with Crippen LogP contribution in [0.2, 0.25) is 0 Å². The van der Waals surface area contributed by atoms with Crippen molar-refractivity contribution in [3.05, 3.63) is 59.2 Å². The molecular weight excluding hydrogens is 332 g/mol. The van der Waals surface area contributed by atoms with Crippen LogP contribution in [0.4, 0.5) is 0 Å². The van der Waals surface area contributed by atoms with Crippen LogP contribution in [0.3, 0.4) is 0 Å². The highest BCUT2D eigenvalue weighted by Gasteiger charge is 2.24. The highest BCUT2D eigenvalue weighted by Crippen LogP contribution is 2.17. The van der Waals surface area contributed by atoms with E-state index in [1.807, 2.05) is 25.1 Å². The number of ether oxygens (including phenoxy) is 1. The summed E-state index contributed by atoms with van der Waals surface area (Å²) in [5.74, 6) is -0.919. The predicted octanol–water partition coefficient (Wildman–Crippen LogP) is 1.71. The molecule has 0 bridgehead atoms. The molecule has 7 nitrogen and oxygen atoms in total. The molecule has 1 aliphatic heterocycles. The van der Waals surface area contributed by atoms with Crippen LogP contribution >= 0.6 is 0 Å². The van der Waals surface area contributed by atoms with Gasteiger partial charge in [0.25, 0.3) is 11.8 Å². The number of primary amides is 1. The van der Waals surface area contributed by atoms with E-state index in [1.165, 1.54) is 12.4 Å². The van der Waals surface area contributed by atoms with Gasteiger partial charge in [0.2, 0.25) is 0 Å². The van der Waals surface area contributed by atoms with Crippen molar-refractivity contribution in [3.8, 4) is 0 Å². The van der Waals surface area contributed by atoms with E-state index in [1.54, 1.807) is 4.90 Å². The van der Waals surface area contributed by atoms with Gasteiger partial charge < -0.3 is 15.4 Å². The standard InChI is InChI=1S/C19H22N4O3/c1-13-4-2-5-14(8-13)11-23(12-15-6-3-7-26-15)19(25)17-10-21-16(9-22-17)18(20)24/h2,4-5,8-10,15H,3,6-7,11-12H2,1H3,(H2,20,24). The number of hydrogen-bond acceptors (Lipinski definition) is 5. The Labute approximate surface area is 152 Å². The normalized spacial score (nSPS) is 16.4. The second-order valence-electron chi connectivity index (χ2n) is 6.46. The molecule has 0 saturated carbocycles. The number of carbonyl (C=O) groups is 2. The fourth-order valence-electron chi connectivity index (χ4n) is 3.01. The van der Waals surface area contributed by atoms with E-state index in [9.17, 15) is 9.59 Å². The van der Waals surface area contributed by atoms with Crippen LogP contribution in [0.1, 0.15) is 44.9 Å². The van der Waals surface area contributed by atoms with E-state index in [0.717, 1.165) is 30.6 Å². The lowest BCUT2D eigenvalue weighted by atomic mass is 10.1. The van der Waals surface area contributed by atoms with Crippen molar-refractivity contribution >= 4 is 11.8 Å². The zero-order valence-corrected chi connectivity index (χ0v) is 14.7. The van der Waals surface area contributed by atoms with Crippen LogP contribution in [0.25, 0.3) is 0 Å². The number of nitrogens with zero attached hydrogens (tertiary/aromatic N) is 3. The molecule has 2 aromatic rings. The number of rotatable bonds is 6. The average Bonchev–Trinajstić information content (AvgIpc) is 3.14. The molecular formula is C19H22N4O3. The number of aryl methyl sites for hydroxylation is 1. The maximum absolute atomic E-state index is 13.0. The van der Waals surface area contributed by atoms with E-state index >= 15 is 0 Å². The van der Waals surface area contributed by atoms with Crippen LogP contribution < -0.4 is 5.73 Å². The molecule has 2 N–H and O–H groups in total. The van der Waals surface area contributed by atoms with Gasteiger partial charge in [-0.2, -0.15) is 0 Å². The molecule has 1 fully saturated rings. The van der Waals surface area contributed by atoms with Crippen molar-refractivity contribution in [1.29, 1.82) is 0 Å². The van der Waals surface area contributed by atoms with Crippen molar-refractivity contribution in [2.24, 2.45) is 5.73 Å². The molecule has 1 atom stereocenters. The third-order valence-corrected chi connectivity index (χ3v) is 4.31. The molecule has 0 radical (unpaired) electrons. The lowest BCUT2D eigenvalue weighted by Gasteiger charge is -2.25. The van der Waals surface area contributed by atoms with Gasteiger partial charge in [-0.15, -0.1) is 0 Å². The van der Waals surface area contributed by atoms with Gasteiger partial charge in [-0.1, -0.05) is 29.8 Å². The van der Waals surface area contributed by atoms with E-state index in [-0.39, 0.29) is 23.4 Å². The van der Waals surface area contributed by atoms with E-state index in [0.29, 0.717) is 13.1 Å². The van der Waals surface area contributed by atoms with Crippen molar-refractivity contribution in [2.75, 3.05) is 13.2 Å². The topological polar surface area (TPSA) is 98.4 Å². The van der Waals surface area contributed by atoms with Gasteiger partial charge in [-0.3, -0.25) is 9.59 Å². The predicted molar refractivity (Wildman–Crippen MR) is 95.4 cm³/mol. The minimum Gasteiger partial charge on any atom is -0.376 e. The summed E-state index contributed by atoms with van der Waals surface area (Å²) < 4.78 is 5.69. The summed E-state index contributed by atoms with van der Waals surface area (Å²) in [6.45, 7) is 3.69. The van der Waals surface area contributed by atoms with E-state index in [4.69, 9.17) is 10.5 Å². The fourth-order valence-corrected chi connectivity index (χ4v) is 3.01. The second kappa shape index (κ2) is 8.05. The second-order valence-corrected chi connectivity index (χ2v) is 6.46. The third-order valence-electron chi connectivity index (χ3n) is 4.31. The maximum Gasteiger partial charge on any atom is 0.274 e. The third kappa shape index (κ3) is 4.43. The monoisotopic (exact) mass is 354 g/mol. The van der Waals surface area contributed by atoms with Gasteiger partial charge in [0.1, 0.15) is 11.4 Å². The molecule has 26 heavy (non-hydrogen) atoms. The molecule has 0 spiro atoms. The average molecular weight is 354 g/mol. The summed E-state index contributed by atoms with van der Waals surface area (Å²) in [6, 6.07) is 8.03. The highest BCUT2D eigenvalue weighted by molar-refractivity contribution is 5.93. The van der Waals surface area contributed by atoms with Gasteiger partial charge in [0, 0.05) is 19.7 Å². The van der Waals surface area contributed by atoms with E-state index in [2.05, 4.69) is 16.0 Å². The molecule has 7 heteroatoms. The van der Waals surface area contributed by atoms with Gasteiger partial charge >= 0.3 is 0 Å². The first-order chi connectivity index (χ1) is 12.5. The zero-order chi connectivity index (χ0) is 18.5. The number of aromatic nitrogens is 2. The number of amides is 2. The van der Waals surface area contributed by atoms with Crippen LogP contribution in [-0.2, 0) is 11.3 Å². The Kier molecular flexibility index (Phi) is 5.58. The number of hydrogen-bond donors (Lipinski definition) is 1. The molecule has 1 saturated heterocycles. The molecule has 136 valence electrons. The first kappa shape index (κ1) is 18.0. The molecule has 1 aliphatic rings. The van der Waals surface area contributed by atoms with Gasteiger partial charge in [-0.25, -0.2) is 9.97 Å². The first-order valence-electron chi connectivity index (χ1n) is 8.61. The number of carbonyl (C=O) groups excluding carboxylic acids is 2. The summed E-state index contributed by atoms with van der Waals surface area (Å²) in [7, 11) is 0. The highest BCUT2D eigenvalue weighted by atomic mass is 16.5. The lowest BCUT2D eigenvalue weighted by Crippen LogP contribution is -2.37. The first-order valence-corrected chi connectivity index (χ1v) is 8.61. The number of benzene rings is 1. The molecule has 1 aromatic carbocycles. The zero-order valence-electron chi connectivity index (χ0n) is 14.7. The van der Waals surface area contributed by atoms with Crippen LogP contribution in [0.5, 0.6) is 0 Å². The van der Waals surface area contributed by atoms with Crippen molar-refractivity contribution in [2.45, 2.75) is 32.4 Å². The van der Waals surface area contributed by atoms with Crippen LogP contribution in [-0.4, -0.2) is 45.9 Å². The van der Waals surface area contributed by atoms with Crippen molar-refractivity contribution < 1.29 is 14.3 Å². The summed E-state index contributed by atoms with van der Waals surface area (Å²) >= 11 is 0. The minimum absolute atomic E-state index is 0.0293. The van der Waals surface area contributed by atoms with Gasteiger partial charge in [-0.05, 0) is 25.3 Å². The molecule has 0 aliphatic carbocycles. The Morgan fingerprint density at radius 2 is 2.04 bits per heavy atom. The number of nitrogens with two attached hydrogens (primary N) is 1. The lowest BCUT2D eigenvalue weighted by molar-refractivity contribution is 0.0502. The largest absolute Gasteiger partial charge is 0.376 e. The summed E-state index contributed by atoms with van der Waals surface area (Å²) in [5, 5.41) is 0. The Morgan fingerprint density at radius 3 is 2.65 bits per heavy atom. The minimum atomic E-state index is -0.674. The summed E-state index contributed by atoms with van der Waals surface area (Å²) in [6.07, 6.45) is 4.49. The molecule has 1 aromatic heterocycles. The van der Waals surface area contributed by atoms with Crippen LogP contribution in [0, 0.1) is 6.92 Å². The Morgan fingerprint density at radius 1 is 1.27 bits per heavy atom. The van der Waals surface area contributed by atoms with Crippen molar-refractivity contribution in [3.63, 3.8) is 0 Å².